The van der Waals surface area contributed by atoms with E-state index in [0.717, 1.165) is 61.7 Å². The van der Waals surface area contributed by atoms with Gasteiger partial charge in [0.1, 0.15) is 0 Å². The number of hydrogen-bond acceptors (Lipinski definition) is 4. The van der Waals surface area contributed by atoms with Crippen LogP contribution in [-0.2, 0) is 0 Å². The minimum absolute atomic E-state index is 0.607. The minimum Gasteiger partial charge on any atom is -0.311 e. The highest BCUT2D eigenvalue weighted by Gasteiger charge is 2.19. The zero-order valence-electron chi connectivity index (χ0n) is 37.1. The first-order chi connectivity index (χ1) is 33.7. The van der Waals surface area contributed by atoms with E-state index >= 15 is 0 Å². The van der Waals surface area contributed by atoms with Crippen molar-refractivity contribution in [3.8, 4) is 73.2 Å². The molecular weight excluding hydrogens is 827 g/mol. The SMILES string of the molecule is c1ccc(-c2ccc(N(c3ccc(-c4ccc5c(c4)c4ccccc4n5-c4ccccc4)cc3)c3ccc(-c4nc(-c5ccccc5)nc(-c5ccccc5-c5ccccc5)n4)cc3)cc2)cc1. The van der Waals surface area contributed by atoms with Crippen molar-refractivity contribution in [3.63, 3.8) is 0 Å². The standard InChI is InChI=1S/C63H43N5/c1-5-17-44(18-6-1)45-29-36-52(37-30-45)67(53-38-31-46(32-39-53)50-35-42-60-58(43-50)56-26-15-16-28-59(56)68(60)51-23-11-4-12-24-51)54-40-33-49(34-41-54)62-64-61(48-21-9-3-10-22-48)65-63(66-62)57-27-14-13-25-55(57)47-19-7-2-8-20-47/h1-43H. The number of hydrogen-bond donors (Lipinski definition) is 0. The van der Waals surface area contributed by atoms with Crippen molar-refractivity contribution in [2.45, 2.75) is 0 Å². The Morgan fingerprint density at radius 1 is 0.265 bits per heavy atom. The molecule has 0 unspecified atom stereocenters. The third-order valence-corrected chi connectivity index (χ3v) is 12.7. The summed E-state index contributed by atoms with van der Waals surface area (Å²) in [5, 5.41) is 2.47. The molecule has 68 heavy (non-hydrogen) atoms. The zero-order valence-corrected chi connectivity index (χ0v) is 37.1. The Balaban J connectivity index is 0.932. The van der Waals surface area contributed by atoms with Crippen LogP contribution in [0.25, 0.3) is 95.0 Å². The van der Waals surface area contributed by atoms with Gasteiger partial charge in [-0.3, -0.25) is 0 Å². The fraction of sp³-hybridized carbons (Fsp3) is 0. The summed E-state index contributed by atoms with van der Waals surface area (Å²) in [6, 6.07) is 91.8. The molecule has 12 rings (SSSR count). The van der Waals surface area contributed by atoms with E-state index < -0.39 is 0 Å². The van der Waals surface area contributed by atoms with Crippen molar-refractivity contribution in [1.29, 1.82) is 0 Å². The first-order valence-corrected chi connectivity index (χ1v) is 22.9. The lowest BCUT2D eigenvalue weighted by atomic mass is 9.99. The van der Waals surface area contributed by atoms with Gasteiger partial charge in [0.05, 0.1) is 11.0 Å². The summed E-state index contributed by atoms with van der Waals surface area (Å²) in [7, 11) is 0. The summed E-state index contributed by atoms with van der Waals surface area (Å²) in [5.74, 6) is 1.85. The topological polar surface area (TPSA) is 46.8 Å². The van der Waals surface area contributed by atoms with Crippen molar-refractivity contribution >= 4 is 38.9 Å². The highest BCUT2D eigenvalue weighted by Crippen LogP contribution is 2.40. The van der Waals surface area contributed by atoms with E-state index in [1.165, 1.54) is 32.9 Å². The highest BCUT2D eigenvalue weighted by atomic mass is 15.1. The average molecular weight is 870 g/mol. The van der Waals surface area contributed by atoms with E-state index in [2.05, 4.69) is 228 Å². The van der Waals surface area contributed by atoms with Gasteiger partial charge in [-0.05, 0) is 112 Å². The largest absolute Gasteiger partial charge is 0.311 e. The van der Waals surface area contributed by atoms with Gasteiger partial charge in [0.15, 0.2) is 17.5 Å². The highest BCUT2D eigenvalue weighted by molar-refractivity contribution is 6.10. The molecule has 0 radical (unpaired) electrons. The van der Waals surface area contributed by atoms with Crippen molar-refractivity contribution in [2.24, 2.45) is 0 Å². The number of fused-ring (bicyclic) bond motifs is 3. The van der Waals surface area contributed by atoms with E-state index in [1.807, 2.05) is 42.5 Å². The number of para-hydroxylation sites is 2. The lowest BCUT2D eigenvalue weighted by Crippen LogP contribution is -2.10. The van der Waals surface area contributed by atoms with E-state index in [9.17, 15) is 0 Å². The Labute approximate surface area is 395 Å². The molecule has 0 atom stereocenters. The molecule has 320 valence electrons. The van der Waals surface area contributed by atoms with Crippen LogP contribution in [0.1, 0.15) is 0 Å². The maximum atomic E-state index is 5.17. The normalized spacial score (nSPS) is 11.2. The van der Waals surface area contributed by atoms with Gasteiger partial charge in [-0.2, -0.15) is 0 Å². The molecule has 0 spiro atoms. The number of anilines is 3. The van der Waals surface area contributed by atoms with Crippen molar-refractivity contribution < 1.29 is 0 Å². The van der Waals surface area contributed by atoms with Crippen molar-refractivity contribution in [3.05, 3.63) is 261 Å². The van der Waals surface area contributed by atoms with Crippen molar-refractivity contribution in [2.75, 3.05) is 4.90 Å². The predicted octanol–water partition coefficient (Wildman–Crippen LogP) is 16.4. The average Bonchev–Trinajstić information content (AvgIpc) is 3.76. The fourth-order valence-electron chi connectivity index (χ4n) is 9.34. The van der Waals surface area contributed by atoms with Gasteiger partial charge in [-0.1, -0.05) is 182 Å². The Kier molecular flexibility index (Phi) is 10.5. The summed E-state index contributed by atoms with van der Waals surface area (Å²) in [5.41, 5.74) is 16.2. The van der Waals surface area contributed by atoms with Gasteiger partial charge < -0.3 is 9.47 Å². The van der Waals surface area contributed by atoms with Crippen LogP contribution < -0.4 is 4.90 Å². The van der Waals surface area contributed by atoms with Crippen LogP contribution in [0.15, 0.2) is 261 Å². The Morgan fingerprint density at radius 2 is 0.662 bits per heavy atom. The quantitative estimate of drug-likeness (QED) is 0.137. The number of rotatable bonds is 10. The maximum Gasteiger partial charge on any atom is 0.164 e. The molecule has 10 aromatic carbocycles. The second kappa shape index (κ2) is 17.7. The third kappa shape index (κ3) is 7.68. The number of benzene rings is 10. The molecule has 0 bridgehead atoms. The monoisotopic (exact) mass is 869 g/mol. The van der Waals surface area contributed by atoms with Crippen LogP contribution in [-0.4, -0.2) is 19.5 Å². The second-order valence-electron chi connectivity index (χ2n) is 16.8. The van der Waals surface area contributed by atoms with Crippen LogP contribution in [0.4, 0.5) is 17.1 Å². The number of nitrogens with zero attached hydrogens (tertiary/aromatic N) is 5. The van der Waals surface area contributed by atoms with Gasteiger partial charge in [0.2, 0.25) is 0 Å². The van der Waals surface area contributed by atoms with Crippen LogP contribution in [0.5, 0.6) is 0 Å². The summed E-state index contributed by atoms with van der Waals surface area (Å²) < 4.78 is 2.36. The smallest absolute Gasteiger partial charge is 0.164 e. The summed E-state index contributed by atoms with van der Waals surface area (Å²) in [6.45, 7) is 0. The second-order valence-corrected chi connectivity index (χ2v) is 16.8. The summed E-state index contributed by atoms with van der Waals surface area (Å²) in [6.07, 6.45) is 0. The van der Waals surface area contributed by atoms with Gasteiger partial charge in [0, 0.05) is 50.2 Å². The lowest BCUT2D eigenvalue weighted by Gasteiger charge is -2.26. The molecule has 5 heteroatoms. The minimum atomic E-state index is 0.607. The molecule has 0 N–H and O–H groups in total. The number of aromatic nitrogens is 4. The Bertz CT molecular complexity index is 3680. The van der Waals surface area contributed by atoms with Crippen LogP contribution in [0.2, 0.25) is 0 Å². The Hall–Kier alpha value is -9.19. The zero-order chi connectivity index (χ0) is 45.2. The maximum absolute atomic E-state index is 5.17. The van der Waals surface area contributed by atoms with Gasteiger partial charge in [-0.25, -0.2) is 15.0 Å². The van der Waals surface area contributed by atoms with Gasteiger partial charge in [-0.15, -0.1) is 0 Å². The van der Waals surface area contributed by atoms with E-state index in [4.69, 9.17) is 15.0 Å². The van der Waals surface area contributed by atoms with Crippen LogP contribution in [0, 0.1) is 0 Å². The first-order valence-electron chi connectivity index (χ1n) is 22.9. The molecule has 2 aromatic heterocycles. The fourth-order valence-corrected chi connectivity index (χ4v) is 9.34. The molecule has 2 heterocycles. The van der Waals surface area contributed by atoms with E-state index in [-0.39, 0.29) is 0 Å². The molecule has 0 saturated heterocycles. The van der Waals surface area contributed by atoms with Gasteiger partial charge in [0.25, 0.3) is 0 Å². The lowest BCUT2D eigenvalue weighted by molar-refractivity contribution is 1.07. The summed E-state index contributed by atoms with van der Waals surface area (Å²) >= 11 is 0. The molecule has 12 aromatic rings. The van der Waals surface area contributed by atoms with Gasteiger partial charge >= 0.3 is 0 Å². The van der Waals surface area contributed by atoms with E-state index in [1.54, 1.807) is 0 Å². The molecule has 0 saturated carbocycles. The molecule has 0 aliphatic carbocycles. The predicted molar refractivity (Wildman–Crippen MR) is 281 cm³/mol. The third-order valence-electron chi connectivity index (χ3n) is 12.7. The first kappa shape index (κ1) is 40.3. The van der Waals surface area contributed by atoms with Crippen LogP contribution in [0.3, 0.4) is 0 Å². The summed E-state index contributed by atoms with van der Waals surface area (Å²) in [4.78, 5) is 17.6. The molecule has 0 aliphatic rings. The molecule has 0 aliphatic heterocycles. The molecular formula is C63H43N5. The molecule has 0 amide bonds. The van der Waals surface area contributed by atoms with Crippen molar-refractivity contribution in [1.82, 2.24) is 19.5 Å². The molecule has 0 fully saturated rings. The molecule has 5 nitrogen and oxygen atoms in total. The van der Waals surface area contributed by atoms with E-state index in [0.29, 0.717) is 17.5 Å². The van der Waals surface area contributed by atoms with Crippen LogP contribution >= 0.6 is 0 Å². The Morgan fingerprint density at radius 3 is 1.26 bits per heavy atom.